The fourth-order valence-corrected chi connectivity index (χ4v) is 0.749. The predicted molar refractivity (Wildman–Crippen MR) is 43.4 cm³/mol. The number of unbranched alkanes of at least 4 members (excludes halogenated alkanes) is 1. The van der Waals surface area contributed by atoms with Crippen molar-refractivity contribution in [3.05, 3.63) is 0 Å². The Balaban J connectivity index is 3.26. The standard InChI is InChI=1S/C7H13NO5/c8-5(6(9)10)3-1-2-4-13-7(11)12/h5H,1-4,8H2,(H,9,10)(H,11,12). The highest BCUT2D eigenvalue weighted by molar-refractivity contribution is 5.72. The molecule has 0 aromatic rings. The van der Waals surface area contributed by atoms with Crippen molar-refractivity contribution in [2.75, 3.05) is 6.61 Å². The SMILES string of the molecule is NC(CCCCOC(=O)O)C(=O)O. The first-order valence-corrected chi connectivity index (χ1v) is 3.88. The molecule has 0 saturated heterocycles. The number of hydrogen-bond donors (Lipinski definition) is 3. The quantitative estimate of drug-likeness (QED) is 0.410. The number of carboxylic acids is 1. The van der Waals surface area contributed by atoms with Crippen molar-refractivity contribution >= 4 is 12.1 Å². The number of nitrogens with two attached hydrogens (primary N) is 1. The molecule has 13 heavy (non-hydrogen) atoms. The maximum atomic E-state index is 10.2. The Morgan fingerprint density at radius 1 is 1.31 bits per heavy atom. The van der Waals surface area contributed by atoms with Gasteiger partial charge in [0.25, 0.3) is 0 Å². The normalized spacial score (nSPS) is 12.1. The van der Waals surface area contributed by atoms with Crippen LogP contribution in [-0.4, -0.2) is 35.0 Å². The summed E-state index contributed by atoms with van der Waals surface area (Å²) in [5.41, 5.74) is 5.20. The summed E-state index contributed by atoms with van der Waals surface area (Å²) < 4.78 is 4.21. The molecule has 0 fully saturated rings. The summed E-state index contributed by atoms with van der Waals surface area (Å²) in [5, 5.41) is 16.4. The zero-order valence-corrected chi connectivity index (χ0v) is 7.10. The van der Waals surface area contributed by atoms with Gasteiger partial charge < -0.3 is 20.7 Å². The molecule has 1 atom stereocenters. The van der Waals surface area contributed by atoms with Gasteiger partial charge in [0.1, 0.15) is 6.04 Å². The molecule has 0 rings (SSSR count). The minimum Gasteiger partial charge on any atom is -0.480 e. The Morgan fingerprint density at radius 2 is 1.92 bits per heavy atom. The van der Waals surface area contributed by atoms with Crippen LogP contribution in [0.3, 0.4) is 0 Å². The second kappa shape index (κ2) is 6.24. The third kappa shape index (κ3) is 7.07. The van der Waals surface area contributed by atoms with Gasteiger partial charge in [-0.1, -0.05) is 0 Å². The highest BCUT2D eigenvalue weighted by Gasteiger charge is 2.10. The summed E-state index contributed by atoms with van der Waals surface area (Å²) in [6.07, 6.45) is 0.0503. The van der Waals surface area contributed by atoms with Crippen molar-refractivity contribution in [3.8, 4) is 0 Å². The lowest BCUT2D eigenvalue weighted by Crippen LogP contribution is -2.29. The lowest BCUT2D eigenvalue weighted by atomic mass is 10.1. The second-order valence-electron chi connectivity index (χ2n) is 2.55. The Bertz CT molecular complexity index is 182. The third-order valence-corrected chi connectivity index (χ3v) is 1.45. The minimum atomic E-state index is -1.32. The fraction of sp³-hybridized carbons (Fsp3) is 0.714. The highest BCUT2D eigenvalue weighted by Crippen LogP contribution is 1.99. The van der Waals surface area contributed by atoms with Gasteiger partial charge in [-0.2, -0.15) is 0 Å². The lowest BCUT2D eigenvalue weighted by molar-refractivity contribution is -0.138. The van der Waals surface area contributed by atoms with Crippen LogP contribution in [0.1, 0.15) is 19.3 Å². The Hall–Kier alpha value is -1.30. The summed E-state index contributed by atoms with van der Waals surface area (Å²) in [4.78, 5) is 20.1. The van der Waals surface area contributed by atoms with Crippen molar-refractivity contribution < 1.29 is 24.5 Å². The van der Waals surface area contributed by atoms with Crippen molar-refractivity contribution in [1.82, 2.24) is 0 Å². The van der Waals surface area contributed by atoms with Crippen LogP contribution in [0, 0.1) is 0 Å². The van der Waals surface area contributed by atoms with Gasteiger partial charge in [-0.05, 0) is 19.3 Å². The van der Waals surface area contributed by atoms with Crippen molar-refractivity contribution in [2.24, 2.45) is 5.73 Å². The molecule has 4 N–H and O–H groups in total. The van der Waals surface area contributed by atoms with Gasteiger partial charge in [-0.25, -0.2) is 4.79 Å². The largest absolute Gasteiger partial charge is 0.505 e. The molecular formula is C7H13NO5. The summed E-state index contributed by atoms with van der Waals surface area (Å²) in [5.74, 6) is -1.04. The lowest BCUT2D eigenvalue weighted by Gasteiger charge is -2.04. The molecule has 0 aliphatic carbocycles. The van der Waals surface area contributed by atoms with Crippen molar-refractivity contribution in [2.45, 2.75) is 25.3 Å². The summed E-state index contributed by atoms with van der Waals surface area (Å²) in [7, 11) is 0. The molecule has 0 heterocycles. The molecule has 0 bridgehead atoms. The first-order valence-electron chi connectivity index (χ1n) is 3.88. The molecule has 0 aromatic heterocycles. The number of carbonyl (C=O) groups is 2. The molecule has 76 valence electrons. The average Bonchev–Trinajstić information content (AvgIpc) is 2.02. The zero-order chi connectivity index (χ0) is 10.3. The molecular weight excluding hydrogens is 178 g/mol. The number of hydrogen-bond acceptors (Lipinski definition) is 4. The molecule has 0 aliphatic rings. The average molecular weight is 191 g/mol. The molecule has 6 nitrogen and oxygen atoms in total. The van der Waals surface area contributed by atoms with Crippen LogP contribution in [0.5, 0.6) is 0 Å². The third-order valence-electron chi connectivity index (χ3n) is 1.45. The molecule has 0 spiro atoms. The molecule has 0 saturated carbocycles. The van der Waals surface area contributed by atoms with E-state index in [2.05, 4.69) is 4.74 Å². The van der Waals surface area contributed by atoms with E-state index in [9.17, 15) is 9.59 Å². The van der Waals surface area contributed by atoms with E-state index in [1.807, 2.05) is 0 Å². The Kier molecular flexibility index (Phi) is 5.62. The van der Waals surface area contributed by atoms with Gasteiger partial charge >= 0.3 is 12.1 Å². The molecule has 1 unspecified atom stereocenters. The molecule has 0 aromatic carbocycles. The number of carboxylic acid groups (broad SMARTS) is 2. The van der Waals surface area contributed by atoms with E-state index in [1.165, 1.54) is 0 Å². The van der Waals surface area contributed by atoms with E-state index in [4.69, 9.17) is 15.9 Å². The maximum Gasteiger partial charge on any atom is 0.505 e. The number of rotatable bonds is 6. The van der Waals surface area contributed by atoms with Gasteiger partial charge in [0.15, 0.2) is 0 Å². The monoisotopic (exact) mass is 191 g/mol. The van der Waals surface area contributed by atoms with Crippen LogP contribution in [-0.2, 0) is 9.53 Å². The van der Waals surface area contributed by atoms with Gasteiger partial charge in [0.2, 0.25) is 0 Å². The molecule has 0 amide bonds. The van der Waals surface area contributed by atoms with E-state index >= 15 is 0 Å². The zero-order valence-electron chi connectivity index (χ0n) is 7.10. The first kappa shape index (κ1) is 11.7. The van der Waals surface area contributed by atoms with Crippen LogP contribution < -0.4 is 5.73 Å². The summed E-state index contributed by atoms with van der Waals surface area (Å²) in [6.45, 7) is 0.0850. The van der Waals surface area contributed by atoms with E-state index < -0.39 is 18.2 Å². The smallest absolute Gasteiger partial charge is 0.480 e. The summed E-state index contributed by atoms with van der Waals surface area (Å²) in [6, 6.07) is -0.871. The molecule has 0 aliphatic heterocycles. The maximum absolute atomic E-state index is 10.2. The second-order valence-corrected chi connectivity index (χ2v) is 2.55. The van der Waals surface area contributed by atoms with Crippen LogP contribution in [0.2, 0.25) is 0 Å². The van der Waals surface area contributed by atoms with E-state index in [0.717, 1.165) is 0 Å². The van der Waals surface area contributed by atoms with Gasteiger partial charge in [-0.3, -0.25) is 4.79 Å². The first-order chi connectivity index (χ1) is 6.04. The van der Waals surface area contributed by atoms with Crippen molar-refractivity contribution in [3.63, 3.8) is 0 Å². The fourth-order valence-electron chi connectivity index (χ4n) is 0.749. The van der Waals surface area contributed by atoms with Crippen LogP contribution >= 0.6 is 0 Å². The highest BCUT2D eigenvalue weighted by atomic mass is 16.7. The Labute approximate surface area is 75.3 Å². The van der Waals surface area contributed by atoms with Crippen molar-refractivity contribution in [1.29, 1.82) is 0 Å². The predicted octanol–water partition coefficient (Wildman–Crippen LogP) is 0.263. The number of ether oxygens (including phenoxy) is 1. The van der Waals surface area contributed by atoms with Crippen LogP contribution in [0.25, 0.3) is 0 Å². The van der Waals surface area contributed by atoms with Gasteiger partial charge in [0.05, 0.1) is 6.61 Å². The van der Waals surface area contributed by atoms with E-state index in [0.29, 0.717) is 19.3 Å². The van der Waals surface area contributed by atoms with E-state index in [-0.39, 0.29) is 6.61 Å². The number of aliphatic carboxylic acids is 1. The van der Waals surface area contributed by atoms with E-state index in [1.54, 1.807) is 0 Å². The van der Waals surface area contributed by atoms with Crippen LogP contribution in [0.15, 0.2) is 0 Å². The van der Waals surface area contributed by atoms with Gasteiger partial charge in [0, 0.05) is 0 Å². The van der Waals surface area contributed by atoms with Gasteiger partial charge in [-0.15, -0.1) is 0 Å². The topological polar surface area (TPSA) is 110 Å². The molecule has 6 heteroatoms. The van der Waals surface area contributed by atoms with Crippen LogP contribution in [0.4, 0.5) is 4.79 Å². The Morgan fingerprint density at radius 3 is 2.38 bits per heavy atom. The minimum absolute atomic E-state index is 0.0850. The molecule has 0 radical (unpaired) electrons. The summed E-state index contributed by atoms with van der Waals surface area (Å²) >= 11 is 0.